The smallest absolute Gasteiger partial charge is 0.269 e. The van der Waals surface area contributed by atoms with Crippen LogP contribution in [-0.2, 0) is 0 Å². The molecule has 82 valence electrons. The first-order chi connectivity index (χ1) is 7.24. The third kappa shape index (κ3) is 4.07. The summed E-state index contributed by atoms with van der Waals surface area (Å²) in [5.74, 6) is 1.90. The number of nitrogens with zero attached hydrogens (tertiary/aromatic N) is 1. The van der Waals surface area contributed by atoms with E-state index in [1.807, 2.05) is 6.08 Å². The van der Waals surface area contributed by atoms with Gasteiger partial charge >= 0.3 is 0 Å². The van der Waals surface area contributed by atoms with Crippen molar-refractivity contribution < 1.29 is 4.79 Å². The number of carbonyl (C=O) groups is 1. The van der Waals surface area contributed by atoms with E-state index in [1.165, 1.54) is 6.07 Å². The quantitative estimate of drug-likeness (QED) is 0.491. The van der Waals surface area contributed by atoms with Crippen molar-refractivity contribution in [3.8, 4) is 0 Å². The number of rotatable bonds is 6. The number of thioether (sulfide) groups is 1. The summed E-state index contributed by atoms with van der Waals surface area (Å²) in [6.07, 6.45) is 1.84. The summed E-state index contributed by atoms with van der Waals surface area (Å²) in [7, 11) is 0. The van der Waals surface area contributed by atoms with Crippen LogP contribution in [0.25, 0.3) is 0 Å². The lowest BCUT2D eigenvalue weighted by molar-refractivity contribution is 0.0951. The van der Waals surface area contributed by atoms with E-state index in [4.69, 9.17) is 5.73 Å². The second-order valence-electron chi connectivity index (χ2n) is 2.83. The lowest BCUT2D eigenvalue weighted by Crippen LogP contribution is -2.26. The Bertz CT molecular complexity index is 337. The highest BCUT2D eigenvalue weighted by molar-refractivity contribution is 7.99. The Balaban J connectivity index is 2.22. The standard InChI is InChI=1S/C9H14N4OS/c1-2-4-15-5-3-11-9(14)7-6-8(10)13-12-7/h2,6H,1,3-5H2,(H,11,14)(H3,10,12,13). The van der Waals surface area contributed by atoms with Crippen LogP contribution in [0.5, 0.6) is 0 Å². The largest absolute Gasteiger partial charge is 0.382 e. The molecule has 0 aliphatic carbocycles. The lowest BCUT2D eigenvalue weighted by atomic mass is 10.4. The maximum absolute atomic E-state index is 11.4. The molecule has 0 saturated carbocycles. The molecule has 0 unspecified atom stereocenters. The molecule has 0 aromatic carbocycles. The Morgan fingerprint density at radius 3 is 3.20 bits per heavy atom. The highest BCUT2D eigenvalue weighted by Crippen LogP contribution is 2.00. The normalized spacial score (nSPS) is 9.87. The molecular weight excluding hydrogens is 212 g/mol. The molecule has 0 radical (unpaired) electrons. The van der Waals surface area contributed by atoms with Crippen LogP contribution in [0.1, 0.15) is 10.5 Å². The van der Waals surface area contributed by atoms with Crippen LogP contribution in [0.15, 0.2) is 18.7 Å². The summed E-state index contributed by atoms with van der Waals surface area (Å²) in [6.45, 7) is 4.23. The van der Waals surface area contributed by atoms with Crippen LogP contribution in [0.4, 0.5) is 5.82 Å². The van der Waals surface area contributed by atoms with Crippen LogP contribution in [-0.4, -0.2) is 34.2 Å². The van der Waals surface area contributed by atoms with Gasteiger partial charge in [0.1, 0.15) is 11.5 Å². The van der Waals surface area contributed by atoms with Gasteiger partial charge in [-0.3, -0.25) is 9.89 Å². The number of hydrogen-bond acceptors (Lipinski definition) is 4. The number of aromatic amines is 1. The number of amides is 1. The van der Waals surface area contributed by atoms with E-state index in [9.17, 15) is 4.79 Å². The fraction of sp³-hybridized carbons (Fsp3) is 0.333. The zero-order valence-corrected chi connectivity index (χ0v) is 9.14. The molecule has 5 nitrogen and oxygen atoms in total. The predicted octanol–water partition coefficient (Wildman–Crippen LogP) is 0.641. The Labute approximate surface area is 92.5 Å². The zero-order chi connectivity index (χ0) is 11.1. The van der Waals surface area contributed by atoms with Crippen molar-refractivity contribution in [3.63, 3.8) is 0 Å². The lowest BCUT2D eigenvalue weighted by Gasteiger charge is -2.01. The van der Waals surface area contributed by atoms with Gasteiger partial charge < -0.3 is 11.1 Å². The maximum atomic E-state index is 11.4. The van der Waals surface area contributed by atoms with Crippen LogP contribution < -0.4 is 11.1 Å². The summed E-state index contributed by atoms with van der Waals surface area (Å²) < 4.78 is 0. The van der Waals surface area contributed by atoms with E-state index < -0.39 is 0 Å². The minimum Gasteiger partial charge on any atom is -0.382 e. The van der Waals surface area contributed by atoms with Gasteiger partial charge in [0.2, 0.25) is 0 Å². The van der Waals surface area contributed by atoms with Gasteiger partial charge in [0.05, 0.1) is 0 Å². The van der Waals surface area contributed by atoms with Crippen LogP contribution in [0, 0.1) is 0 Å². The molecule has 4 N–H and O–H groups in total. The molecule has 0 aliphatic heterocycles. The molecule has 1 heterocycles. The van der Waals surface area contributed by atoms with Gasteiger partial charge in [-0.05, 0) is 0 Å². The van der Waals surface area contributed by atoms with Gasteiger partial charge in [0.25, 0.3) is 5.91 Å². The highest BCUT2D eigenvalue weighted by atomic mass is 32.2. The minimum atomic E-state index is -0.182. The number of nitrogens with one attached hydrogen (secondary N) is 2. The number of carbonyl (C=O) groups excluding carboxylic acids is 1. The molecule has 1 aromatic rings. The first kappa shape index (κ1) is 11.6. The summed E-state index contributed by atoms with van der Waals surface area (Å²) in [4.78, 5) is 11.4. The van der Waals surface area contributed by atoms with Gasteiger partial charge in [0.15, 0.2) is 0 Å². The molecule has 1 amide bonds. The van der Waals surface area contributed by atoms with Crippen molar-refractivity contribution in [1.29, 1.82) is 0 Å². The molecule has 0 fully saturated rings. The third-order valence-corrected chi connectivity index (χ3v) is 2.57. The Morgan fingerprint density at radius 1 is 1.80 bits per heavy atom. The van der Waals surface area contributed by atoms with Crippen molar-refractivity contribution in [1.82, 2.24) is 15.5 Å². The molecule has 1 rings (SSSR count). The molecule has 0 bridgehead atoms. The fourth-order valence-electron chi connectivity index (χ4n) is 0.952. The minimum absolute atomic E-state index is 0.182. The van der Waals surface area contributed by atoms with Crippen molar-refractivity contribution in [2.45, 2.75) is 0 Å². The number of nitrogens with two attached hydrogens (primary N) is 1. The van der Waals surface area contributed by atoms with Crippen molar-refractivity contribution >= 4 is 23.5 Å². The summed E-state index contributed by atoms with van der Waals surface area (Å²) in [5, 5.41) is 8.97. The highest BCUT2D eigenvalue weighted by Gasteiger charge is 2.06. The molecule has 15 heavy (non-hydrogen) atoms. The average Bonchev–Trinajstić information content (AvgIpc) is 2.64. The number of anilines is 1. The van der Waals surface area contributed by atoms with Crippen LogP contribution in [0.3, 0.4) is 0 Å². The topological polar surface area (TPSA) is 83.8 Å². The predicted molar refractivity (Wildman–Crippen MR) is 62.9 cm³/mol. The molecule has 0 atom stereocenters. The summed E-state index contributed by atoms with van der Waals surface area (Å²) >= 11 is 1.71. The van der Waals surface area contributed by atoms with Gasteiger partial charge in [-0.15, -0.1) is 6.58 Å². The summed E-state index contributed by atoms with van der Waals surface area (Å²) in [6, 6.07) is 1.51. The van der Waals surface area contributed by atoms with E-state index in [0.717, 1.165) is 11.5 Å². The maximum Gasteiger partial charge on any atom is 0.269 e. The van der Waals surface area contributed by atoms with E-state index in [2.05, 4.69) is 22.1 Å². The average molecular weight is 226 g/mol. The van der Waals surface area contributed by atoms with Gasteiger partial charge in [-0.1, -0.05) is 6.08 Å². The number of hydrogen-bond donors (Lipinski definition) is 3. The number of aromatic nitrogens is 2. The molecule has 6 heteroatoms. The van der Waals surface area contributed by atoms with Crippen molar-refractivity contribution in [3.05, 3.63) is 24.4 Å². The monoisotopic (exact) mass is 226 g/mol. The van der Waals surface area contributed by atoms with Crippen molar-refractivity contribution in [2.24, 2.45) is 0 Å². The third-order valence-electron chi connectivity index (χ3n) is 1.61. The van der Waals surface area contributed by atoms with Gasteiger partial charge in [0, 0.05) is 24.1 Å². The number of nitrogen functional groups attached to an aromatic ring is 1. The van der Waals surface area contributed by atoms with Gasteiger partial charge in [-0.2, -0.15) is 16.9 Å². The second-order valence-corrected chi connectivity index (χ2v) is 3.98. The van der Waals surface area contributed by atoms with Crippen LogP contribution >= 0.6 is 11.8 Å². The van der Waals surface area contributed by atoms with E-state index in [0.29, 0.717) is 18.1 Å². The molecule has 0 saturated heterocycles. The SMILES string of the molecule is C=CCSCCNC(=O)c1cc(N)n[nH]1. The van der Waals surface area contributed by atoms with Crippen molar-refractivity contribution in [2.75, 3.05) is 23.8 Å². The van der Waals surface area contributed by atoms with E-state index in [-0.39, 0.29) is 5.91 Å². The molecule has 0 aliphatic rings. The van der Waals surface area contributed by atoms with E-state index in [1.54, 1.807) is 11.8 Å². The summed E-state index contributed by atoms with van der Waals surface area (Å²) in [5.41, 5.74) is 5.76. The first-order valence-corrected chi connectivity index (χ1v) is 5.67. The Kier molecular flexibility index (Phi) is 4.76. The van der Waals surface area contributed by atoms with E-state index >= 15 is 0 Å². The Hall–Kier alpha value is -1.43. The molecule has 1 aromatic heterocycles. The second kappa shape index (κ2) is 6.13. The Morgan fingerprint density at radius 2 is 2.60 bits per heavy atom. The number of H-pyrrole nitrogens is 1. The van der Waals surface area contributed by atoms with Gasteiger partial charge in [-0.25, -0.2) is 0 Å². The van der Waals surface area contributed by atoms with Crippen LogP contribution in [0.2, 0.25) is 0 Å². The first-order valence-electron chi connectivity index (χ1n) is 4.51. The molecule has 0 spiro atoms. The zero-order valence-electron chi connectivity index (χ0n) is 8.32. The molecular formula is C9H14N4OS. The fourth-order valence-corrected chi connectivity index (χ4v) is 1.53.